The molecule has 0 bridgehead atoms. The lowest BCUT2D eigenvalue weighted by atomic mass is 10.0. The van der Waals surface area contributed by atoms with Crippen molar-refractivity contribution in [3.05, 3.63) is 63.6 Å². The van der Waals surface area contributed by atoms with Gasteiger partial charge in [0, 0.05) is 35.7 Å². The van der Waals surface area contributed by atoms with E-state index in [0.29, 0.717) is 18.6 Å². The quantitative estimate of drug-likeness (QED) is 0.618. The van der Waals surface area contributed by atoms with Crippen LogP contribution in [0.15, 0.2) is 51.9 Å². The molecule has 4 rings (SSSR count). The molecule has 0 saturated heterocycles. The number of hydrogen-bond donors (Lipinski definition) is 3. The molecule has 7 heteroatoms. The van der Waals surface area contributed by atoms with Crippen LogP contribution in [0, 0.1) is 0 Å². The largest absolute Gasteiger partial charge is 0.390 e. The van der Waals surface area contributed by atoms with Gasteiger partial charge in [0.2, 0.25) is 0 Å². The molecular weight excluding hydrogens is 446 g/mol. The Balaban J connectivity index is 1.50. The van der Waals surface area contributed by atoms with Crippen LogP contribution in [0.2, 0.25) is 0 Å². The number of methoxy groups -OCH3 is 1. The number of hydrogen-bond acceptors (Lipinski definition) is 5. The lowest BCUT2D eigenvalue weighted by molar-refractivity contribution is 0.0858. The van der Waals surface area contributed by atoms with E-state index < -0.39 is 12.1 Å². The summed E-state index contributed by atoms with van der Waals surface area (Å²) in [4.78, 5) is 17.4. The number of aliphatic hydroxyl groups excluding tert-OH is 1. The van der Waals surface area contributed by atoms with Gasteiger partial charge in [-0.05, 0) is 60.4 Å². The Morgan fingerprint density at radius 2 is 2.07 bits per heavy atom. The van der Waals surface area contributed by atoms with Gasteiger partial charge >= 0.3 is 0 Å². The Kier molecular flexibility index (Phi) is 6.51. The van der Waals surface area contributed by atoms with Crippen molar-refractivity contribution in [3.63, 3.8) is 0 Å². The van der Waals surface area contributed by atoms with Crippen molar-refractivity contribution in [2.24, 2.45) is 4.99 Å². The summed E-state index contributed by atoms with van der Waals surface area (Å²) >= 11 is 3.38. The lowest BCUT2D eigenvalue weighted by Gasteiger charge is -2.22. The van der Waals surface area contributed by atoms with Crippen LogP contribution in [0.3, 0.4) is 0 Å². The van der Waals surface area contributed by atoms with Crippen molar-refractivity contribution in [2.45, 2.75) is 43.9 Å². The molecule has 3 atom stereocenters. The van der Waals surface area contributed by atoms with E-state index >= 15 is 0 Å². The van der Waals surface area contributed by atoms with Crippen LogP contribution in [0.5, 0.6) is 0 Å². The number of amides is 1. The molecule has 2 aliphatic rings. The summed E-state index contributed by atoms with van der Waals surface area (Å²) in [7, 11) is 1.70. The molecule has 1 unspecified atom stereocenters. The molecule has 0 fully saturated rings. The van der Waals surface area contributed by atoms with Gasteiger partial charge in [-0.15, -0.1) is 0 Å². The number of aliphatic imine (C=N–C) groups is 1. The molecule has 1 heterocycles. The molecule has 0 radical (unpaired) electrons. The maximum atomic E-state index is 12.7. The number of carbonyl (C=O) groups is 1. The average molecular weight is 472 g/mol. The van der Waals surface area contributed by atoms with E-state index in [4.69, 9.17) is 9.73 Å². The van der Waals surface area contributed by atoms with Crippen molar-refractivity contribution >= 4 is 33.4 Å². The number of amidine groups is 1. The molecular formula is C23H26BrN3O3. The molecule has 3 N–H and O–H groups in total. The molecule has 1 aliphatic heterocycles. The molecule has 2 aromatic carbocycles. The molecule has 2 aromatic rings. The highest BCUT2D eigenvalue weighted by molar-refractivity contribution is 9.10. The molecule has 30 heavy (non-hydrogen) atoms. The summed E-state index contributed by atoms with van der Waals surface area (Å²) in [5.74, 6) is 0.758. The first-order chi connectivity index (χ1) is 14.5. The van der Waals surface area contributed by atoms with E-state index in [1.807, 2.05) is 30.3 Å². The molecule has 0 aromatic heterocycles. The summed E-state index contributed by atoms with van der Waals surface area (Å²) in [6, 6.07) is 13.0. The van der Waals surface area contributed by atoms with Gasteiger partial charge in [-0.1, -0.05) is 22.0 Å². The van der Waals surface area contributed by atoms with Gasteiger partial charge in [0.1, 0.15) is 5.84 Å². The van der Waals surface area contributed by atoms with Crippen molar-refractivity contribution in [3.8, 4) is 0 Å². The van der Waals surface area contributed by atoms with E-state index in [1.165, 1.54) is 0 Å². The second-order valence-corrected chi connectivity index (χ2v) is 8.76. The van der Waals surface area contributed by atoms with Gasteiger partial charge in [0.15, 0.2) is 0 Å². The summed E-state index contributed by atoms with van der Waals surface area (Å²) in [6.07, 6.45) is 2.91. The summed E-state index contributed by atoms with van der Waals surface area (Å²) in [5.41, 5.74) is 3.48. The lowest BCUT2D eigenvalue weighted by Crippen LogP contribution is -2.33. The standard InChI is InChI=1S/C23H26BrN3O3/c1-30-13-18-3-2-4-21(26-18)25-17-10-7-15-11-20(28)22(19(15)12-17)27-23(29)14-5-8-16(24)9-6-14/h5-10,12,18,20,22,28H,2-4,11,13H2,1H3,(H,25,26)(H,27,29)/t18?,20-,22-/m1/s1. The third-order valence-corrected chi connectivity index (χ3v) is 6.15. The highest BCUT2D eigenvalue weighted by Crippen LogP contribution is 2.34. The van der Waals surface area contributed by atoms with E-state index in [9.17, 15) is 9.90 Å². The number of rotatable bonds is 5. The predicted octanol–water partition coefficient (Wildman–Crippen LogP) is 3.85. The number of aliphatic hydroxyl groups is 1. The molecule has 1 amide bonds. The summed E-state index contributed by atoms with van der Waals surface area (Å²) < 4.78 is 6.16. The maximum Gasteiger partial charge on any atom is 0.251 e. The van der Waals surface area contributed by atoms with E-state index in [2.05, 4.69) is 26.6 Å². The third-order valence-electron chi connectivity index (χ3n) is 5.62. The minimum absolute atomic E-state index is 0.195. The van der Waals surface area contributed by atoms with Crippen molar-refractivity contribution in [2.75, 3.05) is 19.0 Å². The first-order valence-corrected chi connectivity index (χ1v) is 11.0. The molecule has 1 aliphatic carbocycles. The summed E-state index contributed by atoms with van der Waals surface area (Å²) in [6.45, 7) is 0.631. The minimum Gasteiger partial charge on any atom is -0.390 e. The fourth-order valence-electron chi connectivity index (χ4n) is 4.13. The zero-order valence-electron chi connectivity index (χ0n) is 16.9. The fraction of sp³-hybridized carbons (Fsp3) is 0.391. The van der Waals surface area contributed by atoms with E-state index in [-0.39, 0.29) is 11.9 Å². The van der Waals surface area contributed by atoms with Crippen LogP contribution in [0.4, 0.5) is 5.69 Å². The monoisotopic (exact) mass is 471 g/mol. The van der Waals surface area contributed by atoms with Gasteiger partial charge in [-0.25, -0.2) is 0 Å². The molecule has 158 valence electrons. The van der Waals surface area contributed by atoms with Crippen LogP contribution < -0.4 is 10.6 Å². The van der Waals surface area contributed by atoms with Gasteiger partial charge in [-0.2, -0.15) is 0 Å². The van der Waals surface area contributed by atoms with Crippen LogP contribution in [-0.4, -0.2) is 42.7 Å². The Labute approximate surface area is 184 Å². The number of nitrogens with zero attached hydrogens (tertiary/aromatic N) is 1. The number of ether oxygens (including phenoxy) is 1. The zero-order chi connectivity index (χ0) is 21.1. The second-order valence-electron chi connectivity index (χ2n) is 7.85. The normalized spacial score (nSPS) is 22.9. The van der Waals surface area contributed by atoms with Crippen LogP contribution in [0.1, 0.15) is 46.8 Å². The number of halogens is 1. The third kappa shape index (κ3) is 4.74. The van der Waals surface area contributed by atoms with Crippen molar-refractivity contribution < 1.29 is 14.6 Å². The number of nitrogens with one attached hydrogen (secondary N) is 2. The molecule has 0 saturated carbocycles. The Morgan fingerprint density at radius 1 is 1.27 bits per heavy atom. The van der Waals surface area contributed by atoms with Crippen LogP contribution in [0.25, 0.3) is 0 Å². The predicted molar refractivity (Wildman–Crippen MR) is 121 cm³/mol. The first-order valence-electron chi connectivity index (χ1n) is 10.2. The number of fused-ring (bicyclic) bond motifs is 1. The van der Waals surface area contributed by atoms with E-state index in [0.717, 1.165) is 46.4 Å². The fourth-order valence-corrected chi connectivity index (χ4v) is 4.39. The number of anilines is 1. The highest BCUT2D eigenvalue weighted by atomic mass is 79.9. The van der Waals surface area contributed by atoms with Gasteiger partial charge in [0.25, 0.3) is 5.91 Å². The first kappa shape index (κ1) is 21.0. The molecule has 0 spiro atoms. The average Bonchev–Trinajstić information content (AvgIpc) is 3.04. The number of benzene rings is 2. The number of carbonyl (C=O) groups excluding carboxylic acids is 1. The van der Waals surface area contributed by atoms with Gasteiger partial charge in [0.05, 0.1) is 24.8 Å². The SMILES string of the molecule is COCC1CCCC(Nc2ccc3c(c2)[C@@H](NC(=O)c2ccc(Br)cc2)[C@H](O)C3)=N1. The van der Waals surface area contributed by atoms with Gasteiger partial charge < -0.3 is 20.5 Å². The minimum atomic E-state index is -0.646. The van der Waals surface area contributed by atoms with Gasteiger partial charge in [-0.3, -0.25) is 9.79 Å². The topological polar surface area (TPSA) is 83.0 Å². The van der Waals surface area contributed by atoms with Crippen molar-refractivity contribution in [1.29, 1.82) is 0 Å². The highest BCUT2D eigenvalue weighted by Gasteiger charge is 2.32. The Morgan fingerprint density at radius 3 is 2.83 bits per heavy atom. The second kappa shape index (κ2) is 9.29. The molecule has 6 nitrogen and oxygen atoms in total. The van der Waals surface area contributed by atoms with Crippen LogP contribution >= 0.6 is 15.9 Å². The Hall–Kier alpha value is -2.22. The zero-order valence-corrected chi connectivity index (χ0v) is 18.5. The van der Waals surface area contributed by atoms with Crippen LogP contribution in [-0.2, 0) is 11.2 Å². The smallest absolute Gasteiger partial charge is 0.251 e. The maximum absolute atomic E-state index is 12.7. The summed E-state index contributed by atoms with van der Waals surface area (Å²) in [5, 5.41) is 17.0. The van der Waals surface area contributed by atoms with E-state index in [1.54, 1.807) is 19.2 Å². The Bertz CT molecular complexity index is 945. The van der Waals surface area contributed by atoms with Crippen molar-refractivity contribution in [1.82, 2.24) is 5.32 Å².